The average molecular weight is 524 g/mol. The van der Waals surface area contributed by atoms with Crippen LogP contribution in [0, 0.1) is 0 Å². The number of hydrogen-bond donors (Lipinski definition) is 2. The molecule has 1 fully saturated rings. The largest absolute Gasteiger partial charge is 0.476 e. The van der Waals surface area contributed by atoms with Crippen LogP contribution in [0.25, 0.3) is 0 Å². The summed E-state index contributed by atoms with van der Waals surface area (Å²) in [4.78, 5) is 31.8. The van der Waals surface area contributed by atoms with Crippen LogP contribution in [0.4, 0.5) is 5.69 Å². The lowest BCUT2D eigenvalue weighted by molar-refractivity contribution is -0.119. The molecule has 2 N–H and O–H groups in total. The minimum absolute atomic E-state index is 0.0456. The topological polar surface area (TPSA) is 148 Å². The number of amides is 2. The van der Waals surface area contributed by atoms with E-state index in [1.807, 2.05) is 7.05 Å². The van der Waals surface area contributed by atoms with Gasteiger partial charge in [0.15, 0.2) is 0 Å². The van der Waals surface area contributed by atoms with Crippen LogP contribution in [0.5, 0.6) is 5.88 Å². The number of aromatic nitrogens is 3. The zero-order valence-electron chi connectivity index (χ0n) is 20.9. The summed E-state index contributed by atoms with van der Waals surface area (Å²) < 4.78 is 39.5. The van der Waals surface area contributed by atoms with E-state index in [0.29, 0.717) is 39.3 Å². The molecule has 1 unspecified atom stereocenters. The Morgan fingerprint density at radius 1 is 1.22 bits per heavy atom. The van der Waals surface area contributed by atoms with Gasteiger partial charge in [-0.3, -0.25) is 9.59 Å². The number of rotatable bonds is 11. The Kier molecular flexibility index (Phi) is 9.37. The minimum Gasteiger partial charge on any atom is -0.476 e. The molecule has 2 aromatic heterocycles. The van der Waals surface area contributed by atoms with Crippen LogP contribution in [0.2, 0.25) is 0 Å². The number of nitrogens with zero attached hydrogens (tertiary/aromatic N) is 5. The van der Waals surface area contributed by atoms with Gasteiger partial charge in [0.1, 0.15) is 22.3 Å². The first-order valence-electron chi connectivity index (χ1n) is 11.6. The van der Waals surface area contributed by atoms with Gasteiger partial charge in [-0.15, -0.1) is 0 Å². The van der Waals surface area contributed by atoms with Crippen molar-refractivity contribution >= 4 is 27.5 Å². The third-order valence-electron chi connectivity index (χ3n) is 5.71. The summed E-state index contributed by atoms with van der Waals surface area (Å²) in [7, 11) is -0.348. The predicted octanol–water partition coefficient (Wildman–Crippen LogP) is 0.189. The van der Waals surface area contributed by atoms with Crippen molar-refractivity contribution in [1.82, 2.24) is 29.3 Å². The molecule has 198 valence electrons. The van der Waals surface area contributed by atoms with Crippen LogP contribution >= 0.6 is 0 Å². The van der Waals surface area contributed by atoms with E-state index in [1.54, 1.807) is 13.8 Å². The van der Waals surface area contributed by atoms with E-state index in [1.165, 1.54) is 40.6 Å². The van der Waals surface area contributed by atoms with Crippen molar-refractivity contribution in [2.45, 2.75) is 24.8 Å². The van der Waals surface area contributed by atoms with E-state index in [-0.39, 0.29) is 28.8 Å². The number of methoxy groups -OCH3 is 1. The molecule has 0 aromatic carbocycles. The van der Waals surface area contributed by atoms with Crippen molar-refractivity contribution in [3.05, 3.63) is 30.2 Å². The maximum atomic E-state index is 13.2. The van der Waals surface area contributed by atoms with Crippen molar-refractivity contribution in [2.75, 3.05) is 65.4 Å². The lowest BCUT2D eigenvalue weighted by atomic mass is 10.2. The first-order chi connectivity index (χ1) is 17.2. The highest BCUT2D eigenvalue weighted by molar-refractivity contribution is 7.89. The van der Waals surface area contributed by atoms with Gasteiger partial charge in [-0.05, 0) is 33.0 Å². The standard InChI is InChI=1S/C22H33N7O6S/c1-5-35-22-18(14-17(15-24-22)36(32,33)28-11-9-27(3)10-12-28)26-20(30)16(2)29-19(6-7-25-29)21(31)23-8-13-34-4/h6-7,14-16H,5,8-13H2,1-4H3,(H,23,31)(H,26,30). The van der Waals surface area contributed by atoms with E-state index in [2.05, 4.69) is 25.6 Å². The number of pyridine rings is 1. The fraction of sp³-hybridized carbons (Fsp3) is 0.545. The van der Waals surface area contributed by atoms with Crippen LogP contribution in [-0.2, 0) is 19.6 Å². The summed E-state index contributed by atoms with van der Waals surface area (Å²) in [5.41, 5.74) is 0.311. The molecule has 0 radical (unpaired) electrons. The van der Waals surface area contributed by atoms with Gasteiger partial charge in [0.25, 0.3) is 5.91 Å². The number of piperazine rings is 1. The molecule has 0 bridgehead atoms. The maximum absolute atomic E-state index is 13.2. The smallest absolute Gasteiger partial charge is 0.269 e. The van der Waals surface area contributed by atoms with Gasteiger partial charge in [-0.2, -0.15) is 9.40 Å². The molecule has 3 rings (SSSR count). The Balaban J connectivity index is 1.82. The summed E-state index contributed by atoms with van der Waals surface area (Å²) >= 11 is 0. The fourth-order valence-electron chi connectivity index (χ4n) is 3.60. The number of carbonyl (C=O) groups is 2. The normalized spacial score (nSPS) is 15.9. The summed E-state index contributed by atoms with van der Waals surface area (Å²) in [6.45, 7) is 6.21. The van der Waals surface area contributed by atoms with Gasteiger partial charge in [0.05, 0.1) is 19.4 Å². The van der Waals surface area contributed by atoms with E-state index in [9.17, 15) is 18.0 Å². The third kappa shape index (κ3) is 6.37. The second-order valence-electron chi connectivity index (χ2n) is 8.24. The summed E-state index contributed by atoms with van der Waals surface area (Å²) in [5.74, 6) is -0.837. The zero-order chi connectivity index (χ0) is 26.3. The number of anilines is 1. The average Bonchev–Trinajstić information content (AvgIpc) is 3.35. The quantitative estimate of drug-likeness (QED) is 0.394. The van der Waals surface area contributed by atoms with Crippen molar-refractivity contribution < 1.29 is 27.5 Å². The molecule has 2 amide bonds. The van der Waals surface area contributed by atoms with Crippen LogP contribution < -0.4 is 15.4 Å². The van der Waals surface area contributed by atoms with E-state index in [0.717, 1.165) is 0 Å². The van der Waals surface area contributed by atoms with Gasteiger partial charge >= 0.3 is 0 Å². The number of sulfonamides is 1. The second kappa shape index (κ2) is 12.3. The highest BCUT2D eigenvalue weighted by Crippen LogP contribution is 2.28. The SMILES string of the molecule is CCOc1ncc(S(=O)(=O)N2CCN(C)CC2)cc1NC(=O)C(C)n1nccc1C(=O)NCCOC. The Hall–Kier alpha value is -3.07. The molecule has 3 heterocycles. The first kappa shape index (κ1) is 27.5. The summed E-state index contributed by atoms with van der Waals surface area (Å²) in [6, 6.07) is 1.95. The van der Waals surface area contributed by atoms with Gasteiger partial charge in [0.2, 0.25) is 21.8 Å². The molecule has 0 spiro atoms. The highest BCUT2D eigenvalue weighted by Gasteiger charge is 2.29. The molecular weight excluding hydrogens is 490 g/mol. The Morgan fingerprint density at radius 3 is 2.61 bits per heavy atom. The van der Waals surface area contributed by atoms with E-state index in [4.69, 9.17) is 9.47 Å². The molecule has 0 saturated carbocycles. The van der Waals surface area contributed by atoms with Gasteiger partial charge < -0.3 is 25.0 Å². The Morgan fingerprint density at radius 2 is 1.94 bits per heavy atom. The molecule has 13 nitrogen and oxygen atoms in total. The number of nitrogens with one attached hydrogen (secondary N) is 2. The molecule has 1 saturated heterocycles. The molecule has 14 heteroatoms. The van der Waals surface area contributed by atoms with Crippen molar-refractivity contribution in [2.24, 2.45) is 0 Å². The third-order valence-corrected chi connectivity index (χ3v) is 7.57. The van der Waals surface area contributed by atoms with Crippen LogP contribution in [0.15, 0.2) is 29.4 Å². The monoisotopic (exact) mass is 523 g/mol. The van der Waals surface area contributed by atoms with Crippen LogP contribution in [0.3, 0.4) is 0 Å². The van der Waals surface area contributed by atoms with Crippen LogP contribution in [-0.4, -0.2) is 104 Å². The second-order valence-corrected chi connectivity index (χ2v) is 10.2. The van der Waals surface area contributed by atoms with Crippen molar-refractivity contribution in [3.63, 3.8) is 0 Å². The molecule has 36 heavy (non-hydrogen) atoms. The van der Waals surface area contributed by atoms with Gasteiger partial charge in [-0.1, -0.05) is 0 Å². The predicted molar refractivity (Wildman–Crippen MR) is 131 cm³/mol. The zero-order valence-corrected chi connectivity index (χ0v) is 21.7. The number of ether oxygens (including phenoxy) is 2. The minimum atomic E-state index is -3.81. The fourth-order valence-corrected chi connectivity index (χ4v) is 5.00. The first-order valence-corrected chi connectivity index (χ1v) is 13.1. The molecule has 2 aromatic rings. The van der Waals surface area contributed by atoms with E-state index >= 15 is 0 Å². The Bertz CT molecular complexity index is 1160. The van der Waals surface area contributed by atoms with E-state index < -0.39 is 27.9 Å². The number of carbonyl (C=O) groups excluding carboxylic acids is 2. The van der Waals surface area contributed by atoms with Gasteiger partial charge in [-0.25, -0.2) is 18.1 Å². The van der Waals surface area contributed by atoms with Crippen LogP contribution in [0.1, 0.15) is 30.4 Å². The highest BCUT2D eigenvalue weighted by atomic mass is 32.2. The summed E-state index contributed by atoms with van der Waals surface area (Å²) in [5, 5.41) is 9.51. The number of hydrogen-bond acceptors (Lipinski definition) is 9. The molecular formula is C22H33N7O6S. The van der Waals surface area contributed by atoms with Crippen molar-refractivity contribution in [1.29, 1.82) is 0 Å². The lowest BCUT2D eigenvalue weighted by Crippen LogP contribution is -2.47. The molecule has 1 aliphatic heterocycles. The lowest BCUT2D eigenvalue weighted by Gasteiger charge is -2.31. The summed E-state index contributed by atoms with van der Waals surface area (Å²) in [6.07, 6.45) is 2.65. The molecule has 0 aliphatic carbocycles. The van der Waals surface area contributed by atoms with Gasteiger partial charge in [0, 0.05) is 46.0 Å². The van der Waals surface area contributed by atoms with Crippen molar-refractivity contribution in [3.8, 4) is 5.88 Å². The molecule has 1 aliphatic rings. The number of likely N-dealkylation sites (N-methyl/N-ethyl adjacent to an activating group) is 1. The molecule has 1 atom stereocenters. The maximum Gasteiger partial charge on any atom is 0.269 e. The Labute approximate surface area is 210 Å².